The van der Waals surface area contributed by atoms with E-state index in [1.807, 2.05) is 0 Å². The molecule has 0 bridgehead atoms. The Kier molecular flexibility index (Phi) is 3.79. The maximum absolute atomic E-state index is 13.5. The van der Waals surface area contributed by atoms with Crippen LogP contribution in [0.4, 0.5) is 10.1 Å². The molecule has 1 aliphatic heterocycles. The SMILES string of the molecule is Cc1cc(F)c([N+](=O)[O-])cc1S(=O)(=O)N1CCCC1C. The summed E-state index contributed by atoms with van der Waals surface area (Å²) in [6, 6.07) is 1.56. The van der Waals surface area contributed by atoms with Gasteiger partial charge in [0.25, 0.3) is 0 Å². The molecule has 1 heterocycles. The summed E-state index contributed by atoms with van der Waals surface area (Å²) in [5, 5.41) is 10.8. The largest absolute Gasteiger partial charge is 0.306 e. The predicted molar refractivity (Wildman–Crippen MR) is 70.4 cm³/mol. The molecule has 2 rings (SSSR count). The molecule has 1 atom stereocenters. The van der Waals surface area contributed by atoms with Gasteiger partial charge in [-0.1, -0.05) is 0 Å². The minimum Gasteiger partial charge on any atom is -0.258 e. The Bertz CT molecular complexity index is 660. The van der Waals surface area contributed by atoms with E-state index in [4.69, 9.17) is 0 Å². The van der Waals surface area contributed by atoms with Crippen LogP contribution in [0.2, 0.25) is 0 Å². The van der Waals surface area contributed by atoms with Gasteiger partial charge in [-0.25, -0.2) is 8.42 Å². The molecule has 1 aliphatic rings. The molecule has 0 saturated carbocycles. The van der Waals surface area contributed by atoms with Gasteiger partial charge in [0.15, 0.2) is 0 Å². The highest BCUT2D eigenvalue weighted by atomic mass is 32.2. The lowest BCUT2D eigenvalue weighted by Crippen LogP contribution is -2.34. The molecule has 1 fully saturated rings. The molecule has 1 saturated heterocycles. The second-order valence-corrected chi connectivity index (χ2v) is 6.79. The van der Waals surface area contributed by atoms with E-state index in [1.54, 1.807) is 6.92 Å². The zero-order valence-electron chi connectivity index (χ0n) is 11.2. The molecular weight excluding hydrogens is 287 g/mol. The number of aryl methyl sites for hydroxylation is 1. The maximum Gasteiger partial charge on any atom is 0.306 e. The maximum atomic E-state index is 13.5. The van der Waals surface area contributed by atoms with Gasteiger partial charge >= 0.3 is 5.69 Å². The summed E-state index contributed by atoms with van der Waals surface area (Å²) >= 11 is 0. The Hall–Kier alpha value is -1.54. The van der Waals surface area contributed by atoms with Gasteiger partial charge in [0.2, 0.25) is 15.8 Å². The molecule has 0 spiro atoms. The van der Waals surface area contributed by atoms with Crippen LogP contribution in [-0.2, 0) is 10.0 Å². The monoisotopic (exact) mass is 302 g/mol. The Balaban J connectivity index is 2.57. The van der Waals surface area contributed by atoms with Gasteiger partial charge < -0.3 is 0 Å². The van der Waals surface area contributed by atoms with Crippen molar-refractivity contribution in [2.24, 2.45) is 0 Å². The van der Waals surface area contributed by atoms with Crippen molar-refractivity contribution in [3.05, 3.63) is 33.6 Å². The molecule has 0 aromatic heterocycles. The first-order valence-electron chi connectivity index (χ1n) is 6.21. The van der Waals surface area contributed by atoms with Crippen LogP contribution in [0.1, 0.15) is 25.3 Å². The highest BCUT2D eigenvalue weighted by Crippen LogP contribution is 2.31. The average molecular weight is 302 g/mol. The van der Waals surface area contributed by atoms with Gasteiger partial charge in [0.05, 0.1) is 9.82 Å². The Morgan fingerprint density at radius 3 is 2.60 bits per heavy atom. The molecule has 0 radical (unpaired) electrons. The molecule has 0 aliphatic carbocycles. The summed E-state index contributed by atoms with van der Waals surface area (Å²) in [4.78, 5) is 9.64. The zero-order valence-corrected chi connectivity index (χ0v) is 12.0. The third kappa shape index (κ3) is 2.40. The fraction of sp³-hybridized carbons (Fsp3) is 0.500. The van der Waals surface area contributed by atoms with Crippen LogP contribution in [0, 0.1) is 22.9 Å². The first-order valence-corrected chi connectivity index (χ1v) is 7.65. The first kappa shape index (κ1) is 14.9. The van der Waals surface area contributed by atoms with Crippen LogP contribution >= 0.6 is 0 Å². The quantitative estimate of drug-likeness (QED) is 0.633. The summed E-state index contributed by atoms with van der Waals surface area (Å²) in [5.74, 6) is -1.03. The Morgan fingerprint density at radius 1 is 1.45 bits per heavy atom. The van der Waals surface area contributed by atoms with Crippen LogP contribution in [0.25, 0.3) is 0 Å². The fourth-order valence-corrected chi connectivity index (χ4v) is 4.38. The normalized spacial score (nSPS) is 20.2. The molecule has 1 unspecified atom stereocenters. The molecule has 110 valence electrons. The van der Waals surface area contributed by atoms with E-state index in [-0.39, 0.29) is 16.5 Å². The van der Waals surface area contributed by atoms with Crippen molar-refractivity contribution in [2.45, 2.75) is 37.6 Å². The predicted octanol–water partition coefficient (Wildman–Crippen LogP) is 2.22. The van der Waals surface area contributed by atoms with E-state index in [0.29, 0.717) is 6.54 Å². The van der Waals surface area contributed by atoms with E-state index in [0.717, 1.165) is 25.0 Å². The Morgan fingerprint density at radius 2 is 2.10 bits per heavy atom. The van der Waals surface area contributed by atoms with E-state index in [2.05, 4.69) is 0 Å². The molecule has 0 N–H and O–H groups in total. The number of rotatable bonds is 3. The van der Waals surface area contributed by atoms with Crippen molar-refractivity contribution in [1.82, 2.24) is 4.31 Å². The van der Waals surface area contributed by atoms with Crippen molar-refractivity contribution in [1.29, 1.82) is 0 Å². The molecular formula is C12H15FN2O4S. The van der Waals surface area contributed by atoms with Crippen molar-refractivity contribution in [2.75, 3.05) is 6.54 Å². The fourth-order valence-electron chi connectivity index (χ4n) is 2.45. The number of sulfonamides is 1. The minimum atomic E-state index is -3.83. The average Bonchev–Trinajstić information content (AvgIpc) is 2.75. The second kappa shape index (κ2) is 5.10. The van der Waals surface area contributed by atoms with Gasteiger partial charge in [0.1, 0.15) is 0 Å². The molecule has 1 aromatic rings. The highest BCUT2D eigenvalue weighted by Gasteiger charge is 2.35. The van der Waals surface area contributed by atoms with Crippen LogP contribution in [0.3, 0.4) is 0 Å². The summed E-state index contributed by atoms with van der Waals surface area (Å²) in [5.41, 5.74) is -0.645. The number of hydrogen-bond donors (Lipinski definition) is 0. The third-order valence-electron chi connectivity index (χ3n) is 3.52. The molecule has 20 heavy (non-hydrogen) atoms. The van der Waals surface area contributed by atoms with E-state index in [9.17, 15) is 22.9 Å². The number of hydrogen-bond acceptors (Lipinski definition) is 4. The summed E-state index contributed by atoms with van der Waals surface area (Å²) in [7, 11) is -3.83. The van der Waals surface area contributed by atoms with Crippen molar-refractivity contribution < 1.29 is 17.7 Å². The van der Waals surface area contributed by atoms with E-state index >= 15 is 0 Å². The lowest BCUT2D eigenvalue weighted by atomic mass is 10.2. The summed E-state index contributed by atoms with van der Waals surface area (Å²) in [6.07, 6.45) is 1.50. The number of halogens is 1. The number of benzene rings is 1. The first-order chi connectivity index (χ1) is 9.25. The van der Waals surface area contributed by atoms with Gasteiger partial charge in [-0.2, -0.15) is 8.70 Å². The van der Waals surface area contributed by atoms with Crippen LogP contribution in [0.15, 0.2) is 17.0 Å². The van der Waals surface area contributed by atoms with E-state index < -0.39 is 26.5 Å². The van der Waals surface area contributed by atoms with Crippen molar-refractivity contribution in [3.63, 3.8) is 0 Å². The van der Waals surface area contributed by atoms with Crippen LogP contribution < -0.4 is 0 Å². The van der Waals surface area contributed by atoms with Crippen LogP contribution in [-0.4, -0.2) is 30.2 Å². The molecule has 8 heteroatoms. The third-order valence-corrected chi connectivity index (χ3v) is 5.68. The lowest BCUT2D eigenvalue weighted by molar-refractivity contribution is -0.387. The van der Waals surface area contributed by atoms with Crippen molar-refractivity contribution >= 4 is 15.7 Å². The lowest BCUT2D eigenvalue weighted by Gasteiger charge is -2.21. The zero-order chi connectivity index (χ0) is 15.1. The highest BCUT2D eigenvalue weighted by molar-refractivity contribution is 7.89. The second-order valence-electron chi connectivity index (χ2n) is 4.93. The molecule has 0 amide bonds. The number of nitrogens with zero attached hydrogens (tertiary/aromatic N) is 2. The van der Waals surface area contributed by atoms with E-state index in [1.165, 1.54) is 11.2 Å². The van der Waals surface area contributed by atoms with Gasteiger partial charge in [0, 0.05) is 18.7 Å². The Labute approximate surface area is 116 Å². The van der Waals surface area contributed by atoms with Crippen LogP contribution in [0.5, 0.6) is 0 Å². The standard InChI is InChI=1S/C12H15FN2O4S/c1-8-6-10(13)11(15(16)17)7-12(8)20(18,19)14-5-3-4-9(14)2/h6-7,9H,3-5H2,1-2H3. The smallest absolute Gasteiger partial charge is 0.258 e. The van der Waals surface area contributed by atoms with Crippen molar-refractivity contribution in [3.8, 4) is 0 Å². The molecule has 6 nitrogen and oxygen atoms in total. The summed E-state index contributed by atoms with van der Waals surface area (Å²) in [6.45, 7) is 3.60. The number of nitro groups is 1. The van der Waals surface area contributed by atoms with Gasteiger partial charge in [-0.3, -0.25) is 10.1 Å². The topological polar surface area (TPSA) is 80.5 Å². The molecule has 1 aromatic carbocycles. The summed E-state index contributed by atoms with van der Waals surface area (Å²) < 4.78 is 39.9. The minimum absolute atomic E-state index is 0.150. The van der Waals surface area contributed by atoms with Gasteiger partial charge in [-0.15, -0.1) is 0 Å². The number of nitro benzene ring substituents is 1. The van der Waals surface area contributed by atoms with Gasteiger partial charge in [-0.05, 0) is 38.3 Å².